The van der Waals surface area contributed by atoms with E-state index in [1.165, 1.54) is 18.3 Å². The summed E-state index contributed by atoms with van der Waals surface area (Å²) in [6, 6.07) is 0. The summed E-state index contributed by atoms with van der Waals surface area (Å²) in [4.78, 5) is 0. The third kappa shape index (κ3) is 112. The first-order chi connectivity index (χ1) is 2.00. The third-order valence-electron chi connectivity index (χ3n) is 0. The van der Waals surface area contributed by atoms with Crippen molar-refractivity contribution < 1.29 is 88.7 Å². The van der Waals surface area contributed by atoms with Crippen LogP contribution in [0.15, 0.2) is 0 Å². The zero-order valence-corrected chi connectivity index (χ0v) is 16.7. The second kappa shape index (κ2) is 13.3. The van der Waals surface area contributed by atoms with Gasteiger partial charge in [0.2, 0.25) is 0 Å². The van der Waals surface area contributed by atoms with Gasteiger partial charge in [-0.1, -0.05) is 0 Å². The van der Waals surface area contributed by atoms with Gasteiger partial charge in [0.15, 0.2) is 0 Å². The van der Waals surface area contributed by atoms with E-state index in [0.29, 0.717) is 4.01 Å². The summed E-state index contributed by atoms with van der Waals surface area (Å²) in [5.74, 6) is 0. The zero-order valence-electron chi connectivity index (χ0n) is 6.05. The predicted octanol–water partition coefficient (Wildman–Crippen LogP) is -7.24. The summed E-state index contributed by atoms with van der Waals surface area (Å²) in [5, 5.41) is 0. The maximum Gasteiger partial charge on any atom is 2.00 e. The Morgan fingerprint density at radius 3 is 0.889 bits per heavy atom. The van der Waals surface area contributed by atoms with E-state index in [9.17, 15) is 0 Å². The molecule has 0 aromatic rings. The fourth-order valence-corrected chi connectivity index (χ4v) is 0. The van der Waals surface area contributed by atoms with E-state index in [1.807, 2.05) is 0 Å². The number of hydrogen-bond donors (Lipinski definition) is 0. The first kappa shape index (κ1) is 29.9. The fraction of sp³-hybridized carbons (Fsp3) is 1.00. The average Bonchev–Trinajstić information content (AvgIpc) is 0.722. The minimum atomic E-state index is 0. The van der Waals surface area contributed by atoms with E-state index < -0.39 is 0 Å². The van der Waals surface area contributed by atoms with Crippen LogP contribution in [-0.4, -0.2) is 0 Å². The van der Waals surface area contributed by atoms with Gasteiger partial charge in [-0.25, -0.2) is 0 Å². The van der Waals surface area contributed by atoms with Gasteiger partial charge >= 0.3 is 62.6 Å². The van der Waals surface area contributed by atoms with Crippen molar-refractivity contribution in [1.82, 2.24) is 0 Å². The van der Waals surface area contributed by atoms with E-state index in [-0.39, 0.29) is 70.4 Å². The molecule has 0 fully saturated rings. The Morgan fingerprint density at radius 1 is 0.889 bits per heavy atom. The Morgan fingerprint density at radius 2 is 0.889 bits per heavy atom. The Bertz CT molecular complexity index is 29.3. The quantitative estimate of drug-likeness (QED) is 0.337. The van der Waals surface area contributed by atoms with Crippen LogP contribution in [0.1, 0.15) is 20.8 Å². The molecule has 0 radical (unpaired) electrons. The number of hydrogen-bond acceptors (Lipinski definition) is 0. The van der Waals surface area contributed by atoms with Crippen molar-refractivity contribution in [2.24, 2.45) is 0 Å². The van der Waals surface area contributed by atoms with Crippen molar-refractivity contribution in [3.8, 4) is 0 Å². The van der Waals surface area contributed by atoms with E-state index in [2.05, 4.69) is 20.8 Å². The molecule has 0 N–H and O–H groups in total. The molecule has 0 nitrogen and oxygen atoms in total. The molecule has 0 unspecified atom stereocenters. The zero-order chi connectivity index (χ0) is 4.50. The maximum atomic E-state index is 2.24. The van der Waals surface area contributed by atoms with Gasteiger partial charge in [-0.05, 0) is 0 Å². The largest absolute Gasteiger partial charge is 2.00 e. The molecule has 0 aromatic heterocycles. The SMILES string of the molecule is C[C](C)(C)[Zn+].[Br-].[Br-].[Br-].[Zn+2]. The molecule has 0 amide bonds. The van der Waals surface area contributed by atoms with Gasteiger partial charge in [-0.2, -0.15) is 0 Å². The Kier molecular flexibility index (Phi) is 44.1. The van der Waals surface area contributed by atoms with Gasteiger partial charge in [-0.15, -0.1) is 0 Å². The Hall–Kier alpha value is 2.69. The van der Waals surface area contributed by atoms with Crippen molar-refractivity contribution in [3.05, 3.63) is 0 Å². The van der Waals surface area contributed by atoms with E-state index in [4.69, 9.17) is 0 Å². The minimum Gasteiger partial charge on any atom is -1.00 e. The van der Waals surface area contributed by atoms with Crippen molar-refractivity contribution in [1.29, 1.82) is 0 Å². The fourth-order valence-electron chi connectivity index (χ4n) is 0. The van der Waals surface area contributed by atoms with Gasteiger partial charge in [0.1, 0.15) is 0 Å². The van der Waals surface area contributed by atoms with Crippen molar-refractivity contribution >= 4 is 0 Å². The summed E-state index contributed by atoms with van der Waals surface area (Å²) >= 11 is 1.40. The molecule has 0 aliphatic rings. The van der Waals surface area contributed by atoms with Crippen LogP contribution in [-0.2, 0) is 37.8 Å². The minimum absolute atomic E-state index is 0. The van der Waals surface area contributed by atoms with Crippen LogP contribution in [0.5, 0.6) is 0 Å². The number of rotatable bonds is 0. The normalized spacial score (nSPS) is 6.78. The molecule has 9 heavy (non-hydrogen) atoms. The smallest absolute Gasteiger partial charge is 1.00 e. The maximum absolute atomic E-state index is 2.24. The molecule has 0 rings (SSSR count). The van der Waals surface area contributed by atoms with E-state index in [1.54, 1.807) is 0 Å². The molecule has 0 heterocycles. The van der Waals surface area contributed by atoms with Crippen LogP contribution in [0, 0.1) is 0 Å². The molecule has 0 aliphatic carbocycles. The summed E-state index contributed by atoms with van der Waals surface area (Å²) in [6.07, 6.45) is 0. The van der Waals surface area contributed by atoms with Crippen LogP contribution in [0.4, 0.5) is 0 Å². The molecule has 0 atom stereocenters. The first-order valence-electron chi connectivity index (χ1n) is 1.85. The van der Waals surface area contributed by atoms with Gasteiger partial charge in [0.25, 0.3) is 0 Å². The summed E-state index contributed by atoms with van der Waals surface area (Å²) < 4.78 is 0.625. The number of halogens is 3. The molecule has 0 saturated carbocycles. The monoisotopic (exact) mass is 422 g/mol. The second-order valence-electron chi connectivity index (χ2n) is 2.56. The predicted molar refractivity (Wildman–Crippen MR) is 19.7 cm³/mol. The average molecular weight is 428 g/mol. The van der Waals surface area contributed by atoms with Gasteiger partial charge in [-0.3, -0.25) is 0 Å². The molecule has 0 spiro atoms. The molecule has 5 heteroatoms. The van der Waals surface area contributed by atoms with Crippen LogP contribution in [0.2, 0.25) is 4.01 Å². The van der Waals surface area contributed by atoms with Crippen LogP contribution in [0.25, 0.3) is 0 Å². The second-order valence-corrected chi connectivity index (χ2v) is 7.01. The topological polar surface area (TPSA) is 0 Å². The van der Waals surface area contributed by atoms with Gasteiger partial charge in [0.05, 0.1) is 0 Å². The summed E-state index contributed by atoms with van der Waals surface area (Å²) in [7, 11) is 0. The van der Waals surface area contributed by atoms with Crippen LogP contribution in [0.3, 0.4) is 0 Å². The molecule has 0 aliphatic heterocycles. The molecule has 0 aromatic carbocycles. The van der Waals surface area contributed by atoms with Crippen LogP contribution < -0.4 is 50.9 Å². The van der Waals surface area contributed by atoms with Gasteiger partial charge < -0.3 is 50.9 Å². The van der Waals surface area contributed by atoms with E-state index in [0.717, 1.165) is 0 Å². The third-order valence-corrected chi connectivity index (χ3v) is 0. The van der Waals surface area contributed by atoms with Crippen molar-refractivity contribution in [2.75, 3.05) is 0 Å². The van der Waals surface area contributed by atoms with Gasteiger partial charge in [0, 0.05) is 0 Å². The van der Waals surface area contributed by atoms with Crippen LogP contribution >= 0.6 is 0 Å². The summed E-state index contributed by atoms with van der Waals surface area (Å²) in [5.41, 5.74) is 0. The molecule has 50 valence electrons. The molecule has 0 saturated heterocycles. The van der Waals surface area contributed by atoms with Crippen molar-refractivity contribution in [2.45, 2.75) is 24.8 Å². The standard InChI is InChI=1S/C4H9.3BrH.2Zn/c1-4(2)3;;;;;/h1-3H3;3*1H;;/q;;;;+1;+2/p-3. The van der Waals surface area contributed by atoms with Crippen molar-refractivity contribution in [3.63, 3.8) is 0 Å². The molecular formula is C4H9Br3Zn2. The first-order valence-corrected chi connectivity index (χ1v) is 3.34. The van der Waals surface area contributed by atoms with E-state index >= 15 is 0 Å². The molecular weight excluding hydrogens is 419 g/mol. The summed E-state index contributed by atoms with van der Waals surface area (Å²) in [6.45, 7) is 6.73. The molecule has 0 bridgehead atoms. The Labute approximate surface area is 112 Å². The Balaban J connectivity index is -0.0000000133.